The maximum Gasteiger partial charge on any atom is 0.415 e. The van der Waals surface area contributed by atoms with Crippen LogP contribution in [0.25, 0.3) is 0 Å². The van der Waals surface area contributed by atoms with E-state index in [9.17, 15) is 14.4 Å². The third-order valence-electron chi connectivity index (χ3n) is 12.3. The highest BCUT2D eigenvalue weighted by Crippen LogP contribution is 2.44. The van der Waals surface area contributed by atoms with E-state index in [1.807, 2.05) is 37.4 Å². The van der Waals surface area contributed by atoms with Gasteiger partial charge < -0.3 is 25.2 Å². The van der Waals surface area contributed by atoms with Gasteiger partial charge in [-0.1, -0.05) is 74.3 Å². The van der Waals surface area contributed by atoms with Gasteiger partial charge in [0.1, 0.15) is 6.04 Å². The number of carbonyl (C=O) groups excluding carboxylic acids is 3. The summed E-state index contributed by atoms with van der Waals surface area (Å²) in [6, 6.07) is 17.9. The van der Waals surface area contributed by atoms with E-state index in [0.29, 0.717) is 41.5 Å². The molecule has 2 atom stereocenters. The molecule has 6 rings (SSSR count). The van der Waals surface area contributed by atoms with Gasteiger partial charge in [0.25, 0.3) is 0 Å². The zero-order valence-corrected chi connectivity index (χ0v) is 35.4. The van der Waals surface area contributed by atoms with Crippen LogP contribution >= 0.6 is 22.9 Å². The van der Waals surface area contributed by atoms with E-state index in [1.54, 1.807) is 27.2 Å². The minimum absolute atomic E-state index is 0.0308. The molecule has 3 heterocycles. The van der Waals surface area contributed by atoms with Crippen LogP contribution in [0.5, 0.6) is 5.75 Å². The summed E-state index contributed by atoms with van der Waals surface area (Å²) in [7, 11) is 0. The maximum absolute atomic E-state index is 14.8. The van der Waals surface area contributed by atoms with Crippen molar-refractivity contribution >= 4 is 40.7 Å². The van der Waals surface area contributed by atoms with Crippen LogP contribution in [-0.2, 0) is 22.6 Å². The largest absolute Gasteiger partial charge is 0.415 e. The zero-order valence-electron chi connectivity index (χ0n) is 33.9. The maximum atomic E-state index is 14.8. The van der Waals surface area contributed by atoms with Gasteiger partial charge in [0.05, 0.1) is 17.6 Å². The number of piperazine rings is 1. The number of hydrogen-bond donors (Lipinski definition) is 2. The number of ether oxygens (including phenoxy) is 1. The van der Waals surface area contributed by atoms with Gasteiger partial charge in [-0.2, -0.15) is 0 Å². The smallest absolute Gasteiger partial charge is 0.409 e. The average Bonchev–Trinajstić information content (AvgIpc) is 3.87. The standard InChI is InChI=1S/C45H62ClN5O4S/c1-32(2)47-24-9-8-14-38(48-36-19-21-45(22-20-36)23-25-49(31-45)29-35-11-6-5-7-12-35)43(53)51-27-26-50(30-39(51)40(52)17-16-37-13-10-28-56-37)44(54)55-41-18-15-33(3)34(4)42(41)46/h5-7,10-13,15,18,28,32,36,38-39,47-48H,8-9,14,16-17,19-27,29-31H2,1-4H3/t36?,38-,39+,45?/m1/s1. The van der Waals surface area contributed by atoms with Crippen molar-refractivity contribution in [2.24, 2.45) is 5.41 Å². The van der Waals surface area contributed by atoms with Gasteiger partial charge in [-0.3, -0.25) is 14.5 Å². The molecule has 2 aliphatic heterocycles. The number of rotatable bonds is 16. The number of amides is 2. The van der Waals surface area contributed by atoms with Crippen molar-refractivity contribution in [3.63, 3.8) is 0 Å². The number of aryl methyl sites for hydroxylation is 2. The van der Waals surface area contributed by atoms with Gasteiger partial charge in [0.2, 0.25) is 5.91 Å². The van der Waals surface area contributed by atoms with E-state index in [4.69, 9.17) is 16.3 Å². The lowest BCUT2D eigenvalue weighted by atomic mass is 9.72. The first-order valence-corrected chi connectivity index (χ1v) is 22.1. The Kier molecular flexibility index (Phi) is 15.1. The summed E-state index contributed by atoms with van der Waals surface area (Å²) < 4.78 is 5.80. The fourth-order valence-corrected chi connectivity index (χ4v) is 9.75. The SMILES string of the molecule is Cc1ccc(OC(=O)N2CCN(C(=O)[C@@H](CCCCNC(C)C)NC3CCC4(CC3)CCN(Cc3ccccc3)C4)[C@H](C(=O)CCc3cccs3)C2)c(Cl)c1C. The number of benzene rings is 2. The number of likely N-dealkylation sites (tertiary alicyclic amines) is 1. The number of unbranched alkanes of at least 4 members (excludes halogenated alkanes) is 1. The Morgan fingerprint density at radius 2 is 1.75 bits per heavy atom. The molecule has 3 fully saturated rings. The molecule has 1 spiro atoms. The van der Waals surface area contributed by atoms with E-state index in [2.05, 4.69) is 59.7 Å². The Balaban J connectivity index is 1.13. The third-order valence-corrected chi connectivity index (χ3v) is 13.7. The van der Waals surface area contributed by atoms with Crippen molar-refractivity contribution in [3.05, 3.63) is 86.6 Å². The average molecular weight is 805 g/mol. The number of halogens is 1. The molecule has 1 aliphatic carbocycles. The molecule has 0 radical (unpaired) electrons. The number of Topliss-reactive ketones (excluding diaryl/α,β-unsaturated/α-hetero) is 1. The van der Waals surface area contributed by atoms with Crippen LogP contribution in [0.4, 0.5) is 4.79 Å². The fraction of sp³-hybridized carbons (Fsp3) is 0.578. The summed E-state index contributed by atoms with van der Waals surface area (Å²) >= 11 is 8.19. The van der Waals surface area contributed by atoms with Crippen molar-refractivity contribution in [2.45, 2.75) is 123 Å². The molecule has 3 aliphatic rings. The second-order valence-corrected chi connectivity index (χ2v) is 18.2. The summed E-state index contributed by atoms with van der Waals surface area (Å²) in [5, 5.41) is 9.78. The van der Waals surface area contributed by atoms with Crippen LogP contribution < -0.4 is 15.4 Å². The van der Waals surface area contributed by atoms with Gasteiger partial charge >= 0.3 is 6.09 Å². The molecule has 3 aromatic rings. The van der Waals surface area contributed by atoms with Crippen LogP contribution in [0.3, 0.4) is 0 Å². The molecule has 11 heteroatoms. The van der Waals surface area contributed by atoms with E-state index in [0.717, 1.165) is 80.7 Å². The fourth-order valence-electron chi connectivity index (χ4n) is 8.79. The Hall–Kier alpha value is -3.28. The highest BCUT2D eigenvalue weighted by atomic mass is 35.5. The van der Waals surface area contributed by atoms with Gasteiger partial charge in [-0.15, -0.1) is 11.3 Å². The van der Waals surface area contributed by atoms with Crippen LogP contribution in [0.1, 0.15) is 93.2 Å². The molecule has 1 saturated carbocycles. The number of thiophene rings is 1. The minimum atomic E-state index is -0.755. The molecule has 2 saturated heterocycles. The first kappa shape index (κ1) is 42.3. The molecule has 0 unspecified atom stereocenters. The van der Waals surface area contributed by atoms with Crippen molar-refractivity contribution < 1.29 is 19.1 Å². The molecular formula is C45H62ClN5O4S. The van der Waals surface area contributed by atoms with Gasteiger partial charge in [-0.25, -0.2) is 4.79 Å². The summed E-state index contributed by atoms with van der Waals surface area (Å²) in [6.45, 7) is 13.0. The second kappa shape index (κ2) is 19.9. The van der Waals surface area contributed by atoms with Crippen molar-refractivity contribution in [1.29, 1.82) is 0 Å². The normalized spacial score (nSPS) is 22.2. The van der Waals surface area contributed by atoms with Crippen LogP contribution in [0, 0.1) is 19.3 Å². The predicted molar refractivity (Wildman–Crippen MR) is 227 cm³/mol. The highest BCUT2D eigenvalue weighted by Gasteiger charge is 2.43. The van der Waals surface area contributed by atoms with E-state index < -0.39 is 18.2 Å². The van der Waals surface area contributed by atoms with Crippen LogP contribution in [-0.4, -0.2) is 95.9 Å². The number of nitrogens with zero attached hydrogens (tertiary/aromatic N) is 3. The zero-order chi connectivity index (χ0) is 39.7. The van der Waals surface area contributed by atoms with Crippen molar-refractivity contribution in [3.8, 4) is 5.75 Å². The molecular weight excluding hydrogens is 742 g/mol. The first-order valence-electron chi connectivity index (χ1n) is 20.8. The molecule has 1 aromatic heterocycles. The Morgan fingerprint density at radius 1 is 0.964 bits per heavy atom. The van der Waals surface area contributed by atoms with Crippen molar-refractivity contribution in [1.82, 2.24) is 25.3 Å². The quantitative estimate of drug-likeness (QED) is 0.141. The molecule has 2 amide bonds. The lowest BCUT2D eigenvalue weighted by molar-refractivity contribution is -0.144. The van der Waals surface area contributed by atoms with E-state index >= 15 is 0 Å². The lowest BCUT2D eigenvalue weighted by Gasteiger charge is -2.43. The molecule has 0 bridgehead atoms. The number of carbonyl (C=O) groups is 3. The Bertz CT molecular complexity index is 1750. The number of nitrogens with one attached hydrogen (secondary N) is 2. The summed E-state index contributed by atoms with van der Waals surface area (Å²) in [5.41, 5.74) is 3.58. The second-order valence-electron chi connectivity index (χ2n) is 16.8. The molecule has 304 valence electrons. The summed E-state index contributed by atoms with van der Waals surface area (Å²) in [5.74, 6) is 0.233. The van der Waals surface area contributed by atoms with Crippen LogP contribution in [0.15, 0.2) is 60.0 Å². The topological polar surface area (TPSA) is 94.2 Å². The molecule has 56 heavy (non-hydrogen) atoms. The van der Waals surface area contributed by atoms with Gasteiger partial charge in [0.15, 0.2) is 11.5 Å². The number of hydrogen-bond acceptors (Lipinski definition) is 8. The summed E-state index contributed by atoms with van der Waals surface area (Å²) in [4.78, 5) is 49.5. The van der Waals surface area contributed by atoms with E-state index in [1.165, 1.54) is 12.0 Å². The first-order chi connectivity index (χ1) is 27.0. The molecule has 2 aromatic carbocycles. The summed E-state index contributed by atoms with van der Waals surface area (Å²) in [6.07, 6.45) is 8.55. The van der Waals surface area contributed by atoms with E-state index in [-0.39, 0.29) is 37.4 Å². The Labute approximate surface area is 343 Å². The van der Waals surface area contributed by atoms with Crippen LogP contribution in [0.2, 0.25) is 5.02 Å². The third kappa shape index (κ3) is 11.2. The lowest BCUT2D eigenvalue weighted by Crippen LogP contribution is -2.63. The van der Waals surface area contributed by atoms with Crippen molar-refractivity contribution in [2.75, 3.05) is 39.3 Å². The predicted octanol–water partition coefficient (Wildman–Crippen LogP) is 8.19. The highest BCUT2D eigenvalue weighted by molar-refractivity contribution is 7.09. The monoisotopic (exact) mass is 803 g/mol. The molecule has 9 nitrogen and oxygen atoms in total. The minimum Gasteiger partial charge on any atom is -0.409 e. The van der Waals surface area contributed by atoms with Gasteiger partial charge in [-0.05, 0) is 118 Å². The van der Waals surface area contributed by atoms with Gasteiger partial charge in [0, 0.05) is 49.6 Å². The Morgan fingerprint density at radius 3 is 2.48 bits per heavy atom. The molecule has 2 N–H and O–H groups in total. The number of ketones is 1.